The molecule has 1 fully saturated rings. The SMILES string of the molecule is COCCN(CC(C)C)C1CCC(N)(C(N)=O)C1. The van der Waals surface area contributed by atoms with Gasteiger partial charge in [0, 0.05) is 26.2 Å². The first-order chi connectivity index (χ1) is 8.39. The molecule has 0 bridgehead atoms. The minimum Gasteiger partial charge on any atom is -0.383 e. The smallest absolute Gasteiger partial charge is 0.237 e. The van der Waals surface area contributed by atoms with Crippen LogP contribution in [-0.2, 0) is 9.53 Å². The number of nitrogens with zero attached hydrogens (tertiary/aromatic N) is 1. The second-order valence-electron chi connectivity index (χ2n) is 5.80. The zero-order valence-electron chi connectivity index (χ0n) is 11.8. The quantitative estimate of drug-likeness (QED) is 0.688. The highest BCUT2D eigenvalue weighted by atomic mass is 16.5. The lowest BCUT2D eigenvalue weighted by molar-refractivity contribution is -0.123. The molecule has 0 heterocycles. The third kappa shape index (κ3) is 3.93. The topological polar surface area (TPSA) is 81.6 Å². The van der Waals surface area contributed by atoms with E-state index >= 15 is 0 Å². The monoisotopic (exact) mass is 257 g/mol. The Morgan fingerprint density at radius 3 is 2.67 bits per heavy atom. The minimum absolute atomic E-state index is 0.347. The molecule has 1 aliphatic rings. The van der Waals surface area contributed by atoms with E-state index < -0.39 is 5.54 Å². The van der Waals surface area contributed by atoms with Crippen LogP contribution >= 0.6 is 0 Å². The molecule has 1 saturated carbocycles. The lowest BCUT2D eigenvalue weighted by Crippen LogP contribution is -2.51. The van der Waals surface area contributed by atoms with Crippen molar-refractivity contribution in [2.45, 2.75) is 44.7 Å². The van der Waals surface area contributed by atoms with Gasteiger partial charge in [0.2, 0.25) is 5.91 Å². The van der Waals surface area contributed by atoms with Gasteiger partial charge in [-0.15, -0.1) is 0 Å². The number of carbonyl (C=O) groups is 1. The lowest BCUT2D eigenvalue weighted by atomic mass is 9.98. The Bertz CT molecular complexity index is 283. The Morgan fingerprint density at radius 2 is 2.22 bits per heavy atom. The Kier molecular flexibility index (Phi) is 5.56. The summed E-state index contributed by atoms with van der Waals surface area (Å²) in [4.78, 5) is 13.8. The van der Waals surface area contributed by atoms with Gasteiger partial charge in [-0.05, 0) is 25.2 Å². The normalized spacial score (nSPS) is 28.2. The molecule has 0 aromatic heterocycles. The molecule has 4 N–H and O–H groups in total. The van der Waals surface area contributed by atoms with Crippen molar-refractivity contribution in [1.29, 1.82) is 0 Å². The summed E-state index contributed by atoms with van der Waals surface area (Å²) in [5.74, 6) is 0.212. The summed E-state index contributed by atoms with van der Waals surface area (Å²) in [6.07, 6.45) is 2.29. The molecule has 1 aliphatic carbocycles. The minimum atomic E-state index is -0.813. The molecule has 0 saturated heterocycles. The largest absolute Gasteiger partial charge is 0.383 e. The highest BCUT2D eigenvalue weighted by Gasteiger charge is 2.42. The number of amides is 1. The molecule has 0 spiro atoms. The van der Waals surface area contributed by atoms with E-state index in [2.05, 4.69) is 18.7 Å². The Labute approximate surface area is 110 Å². The summed E-state index contributed by atoms with van der Waals surface area (Å²) in [5.41, 5.74) is 10.6. The summed E-state index contributed by atoms with van der Waals surface area (Å²) < 4.78 is 5.15. The van der Waals surface area contributed by atoms with Crippen molar-refractivity contribution in [3.8, 4) is 0 Å². The van der Waals surface area contributed by atoms with Gasteiger partial charge in [0.1, 0.15) is 0 Å². The zero-order chi connectivity index (χ0) is 13.8. The van der Waals surface area contributed by atoms with Crippen LogP contribution in [0.5, 0.6) is 0 Å². The van der Waals surface area contributed by atoms with E-state index in [0.717, 1.165) is 19.5 Å². The molecule has 1 rings (SSSR count). The Morgan fingerprint density at radius 1 is 1.56 bits per heavy atom. The predicted molar refractivity (Wildman–Crippen MR) is 72.0 cm³/mol. The molecular weight excluding hydrogens is 230 g/mol. The summed E-state index contributed by atoms with van der Waals surface area (Å²) in [6, 6.07) is 0.347. The van der Waals surface area contributed by atoms with Crippen LogP contribution in [0, 0.1) is 5.92 Å². The van der Waals surface area contributed by atoms with E-state index in [1.54, 1.807) is 7.11 Å². The lowest BCUT2D eigenvalue weighted by Gasteiger charge is -2.31. The summed E-state index contributed by atoms with van der Waals surface area (Å²) in [7, 11) is 1.71. The highest BCUT2D eigenvalue weighted by Crippen LogP contribution is 2.31. The summed E-state index contributed by atoms with van der Waals surface area (Å²) >= 11 is 0. The summed E-state index contributed by atoms with van der Waals surface area (Å²) in [6.45, 7) is 6.98. The highest BCUT2D eigenvalue weighted by molar-refractivity contribution is 5.84. The maximum absolute atomic E-state index is 11.4. The Balaban J connectivity index is 2.61. The van der Waals surface area contributed by atoms with Gasteiger partial charge in [-0.2, -0.15) is 0 Å². The van der Waals surface area contributed by atoms with Crippen LogP contribution in [0.3, 0.4) is 0 Å². The van der Waals surface area contributed by atoms with Gasteiger partial charge in [0.15, 0.2) is 0 Å². The molecule has 0 aromatic carbocycles. The van der Waals surface area contributed by atoms with Crippen molar-refractivity contribution in [1.82, 2.24) is 4.90 Å². The molecule has 5 heteroatoms. The molecule has 0 aromatic rings. The number of hydrogen-bond donors (Lipinski definition) is 2. The van der Waals surface area contributed by atoms with Gasteiger partial charge in [0.05, 0.1) is 12.1 Å². The fourth-order valence-corrected chi connectivity index (χ4v) is 2.68. The molecule has 106 valence electrons. The second kappa shape index (κ2) is 6.50. The van der Waals surface area contributed by atoms with Gasteiger partial charge in [-0.25, -0.2) is 0 Å². The van der Waals surface area contributed by atoms with Crippen LogP contribution in [0.4, 0.5) is 0 Å². The molecule has 0 radical (unpaired) electrons. The van der Waals surface area contributed by atoms with E-state index in [9.17, 15) is 4.79 Å². The number of nitrogens with two attached hydrogens (primary N) is 2. The van der Waals surface area contributed by atoms with Crippen LogP contribution in [0.15, 0.2) is 0 Å². The molecular formula is C13H27N3O2. The summed E-state index contributed by atoms with van der Waals surface area (Å²) in [5, 5.41) is 0. The average molecular weight is 257 g/mol. The van der Waals surface area contributed by atoms with Crippen molar-refractivity contribution < 1.29 is 9.53 Å². The third-order valence-electron chi connectivity index (χ3n) is 3.71. The van der Waals surface area contributed by atoms with E-state index in [0.29, 0.717) is 31.4 Å². The van der Waals surface area contributed by atoms with Crippen LogP contribution in [0.1, 0.15) is 33.1 Å². The van der Waals surface area contributed by atoms with Gasteiger partial charge in [-0.1, -0.05) is 13.8 Å². The van der Waals surface area contributed by atoms with Crippen molar-refractivity contribution in [3.63, 3.8) is 0 Å². The van der Waals surface area contributed by atoms with Gasteiger partial charge < -0.3 is 16.2 Å². The average Bonchev–Trinajstić information content (AvgIpc) is 2.68. The van der Waals surface area contributed by atoms with E-state index in [4.69, 9.17) is 16.2 Å². The first kappa shape index (κ1) is 15.4. The number of methoxy groups -OCH3 is 1. The maximum Gasteiger partial charge on any atom is 0.237 e. The van der Waals surface area contributed by atoms with E-state index in [1.807, 2.05) is 0 Å². The van der Waals surface area contributed by atoms with E-state index in [-0.39, 0.29) is 5.91 Å². The molecule has 1 amide bonds. The van der Waals surface area contributed by atoms with Crippen molar-refractivity contribution in [2.75, 3.05) is 26.8 Å². The fraction of sp³-hybridized carbons (Fsp3) is 0.923. The van der Waals surface area contributed by atoms with E-state index in [1.165, 1.54) is 0 Å². The first-order valence-corrected chi connectivity index (χ1v) is 6.71. The van der Waals surface area contributed by atoms with Crippen molar-refractivity contribution >= 4 is 5.91 Å². The van der Waals surface area contributed by atoms with Crippen LogP contribution < -0.4 is 11.5 Å². The Hall–Kier alpha value is -0.650. The zero-order valence-corrected chi connectivity index (χ0v) is 11.8. The molecule has 18 heavy (non-hydrogen) atoms. The maximum atomic E-state index is 11.4. The van der Waals surface area contributed by atoms with Crippen LogP contribution in [-0.4, -0.2) is 49.2 Å². The number of carbonyl (C=O) groups excluding carboxylic acids is 1. The van der Waals surface area contributed by atoms with Gasteiger partial charge in [0.25, 0.3) is 0 Å². The van der Waals surface area contributed by atoms with Gasteiger partial charge in [-0.3, -0.25) is 9.69 Å². The predicted octanol–water partition coefficient (Wildman–Crippen LogP) is 0.326. The first-order valence-electron chi connectivity index (χ1n) is 6.71. The van der Waals surface area contributed by atoms with Crippen LogP contribution in [0.25, 0.3) is 0 Å². The number of ether oxygens (including phenoxy) is 1. The van der Waals surface area contributed by atoms with Gasteiger partial charge >= 0.3 is 0 Å². The molecule has 5 nitrogen and oxygen atoms in total. The van der Waals surface area contributed by atoms with Crippen molar-refractivity contribution in [3.05, 3.63) is 0 Å². The number of rotatable bonds is 7. The van der Waals surface area contributed by atoms with Crippen LogP contribution in [0.2, 0.25) is 0 Å². The van der Waals surface area contributed by atoms with Crippen molar-refractivity contribution in [2.24, 2.45) is 17.4 Å². The second-order valence-corrected chi connectivity index (χ2v) is 5.80. The number of hydrogen-bond acceptors (Lipinski definition) is 4. The molecule has 2 atom stereocenters. The number of primary amides is 1. The molecule has 2 unspecified atom stereocenters. The third-order valence-corrected chi connectivity index (χ3v) is 3.71. The fourth-order valence-electron chi connectivity index (χ4n) is 2.68. The molecule has 0 aliphatic heterocycles. The standard InChI is InChI=1S/C13H27N3O2/c1-10(2)9-16(6-7-18-3)11-4-5-13(15,8-11)12(14)17/h10-11H,4-9,15H2,1-3H3,(H2,14,17).